The molecule has 108 valence electrons. The molecule has 2 aliphatic heterocycles. The van der Waals surface area contributed by atoms with Crippen LogP contribution in [0.4, 0.5) is 5.82 Å². The number of hydrogen-bond acceptors (Lipinski definition) is 4. The van der Waals surface area contributed by atoms with E-state index in [2.05, 4.69) is 25.8 Å². The van der Waals surface area contributed by atoms with Gasteiger partial charge in [0.15, 0.2) is 0 Å². The van der Waals surface area contributed by atoms with E-state index in [1.165, 1.54) is 25.9 Å². The molecule has 20 heavy (non-hydrogen) atoms. The highest BCUT2D eigenvalue weighted by molar-refractivity contribution is 9.10. The number of hydrogen-bond donors (Lipinski definition) is 1. The van der Waals surface area contributed by atoms with E-state index < -0.39 is 0 Å². The minimum Gasteiger partial charge on any atom is -0.383 e. The van der Waals surface area contributed by atoms with E-state index in [9.17, 15) is 4.79 Å². The molecule has 0 aliphatic carbocycles. The van der Waals surface area contributed by atoms with Crippen molar-refractivity contribution in [3.63, 3.8) is 0 Å². The normalized spacial score (nSPS) is 23.4. The van der Waals surface area contributed by atoms with Gasteiger partial charge in [0.2, 0.25) is 0 Å². The second-order valence-corrected chi connectivity index (χ2v) is 6.44. The number of nitrogen functional groups attached to an aromatic ring is 1. The number of likely N-dealkylation sites (tertiary alicyclic amines) is 2. The maximum absolute atomic E-state index is 12.5. The molecule has 2 fully saturated rings. The van der Waals surface area contributed by atoms with Crippen LogP contribution in [0.15, 0.2) is 16.7 Å². The third-order valence-corrected chi connectivity index (χ3v) is 4.66. The van der Waals surface area contributed by atoms with Crippen LogP contribution in [0.25, 0.3) is 0 Å². The first-order valence-electron chi connectivity index (χ1n) is 7.09. The summed E-state index contributed by atoms with van der Waals surface area (Å²) in [6.45, 7) is 3.97. The Labute approximate surface area is 127 Å². The Morgan fingerprint density at radius 2 is 2.10 bits per heavy atom. The van der Waals surface area contributed by atoms with Gasteiger partial charge in [-0.3, -0.25) is 9.69 Å². The molecule has 5 nitrogen and oxygen atoms in total. The Bertz CT molecular complexity index is 516. The molecular weight excluding hydrogens is 320 g/mol. The average molecular weight is 339 g/mol. The quantitative estimate of drug-likeness (QED) is 0.892. The molecule has 1 amide bonds. The van der Waals surface area contributed by atoms with Crippen molar-refractivity contribution in [1.29, 1.82) is 0 Å². The lowest BCUT2D eigenvalue weighted by Gasteiger charge is -2.23. The lowest BCUT2D eigenvalue weighted by Crippen LogP contribution is -2.37. The van der Waals surface area contributed by atoms with Gasteiger partial charge in [-0.25, -0.2) is 4.98 Å². The summed E-state index contributed by atoms with van der Waals surface area (Å²) in [4.78, 5) is 21.0. The fourth-order valence-corrected chi connectivity index (χ4v) is 3.45. The van der Waals surface area contributed by atoms with Gasteiger partial charge in [0.25, 0.3) is 5.91 Å². The van der Waals surface area contributed by atoms with Crippen molar-refractivity contribution >= 4 is 27.7 Å². The summed E-state index contributed by atoms with van der Waals surface area (Å²) in [5.74, 6) is 0.306. The molecule has 1 unspecified atom stereocenters. The van der Waals surface area contributed by atoms with Crippen LogP contribution in [0.3, 0.4) is 0 Å². The number of halogens is 1. The number of amides is 1. The Balaban J connectivity index is 1.70. The van der Waals surface area contributed by atoms with E-state index in [0.717, 1.165) is 24.0 Å². The first-order chi connectivity index (χ1) is 9.65. The Hall–Kier alpha value is -1.14. The highest BCUT2D eigenvalue weighted by Crippen LogP contribution is 2.24. The summed E-state index contributed by atoms with van der Waals surface area (Å²) in [5, 5.41) is 0. The van der Waals surface area contributed by atoms with Gasteiger partial charge in [-0.2, -0.15) is 0 Å². The molecule has 1 aromatic heterocycles. The fourth-order valence-electron chi connectivity index (χ4n) is 3.12. The molecule has 0 aromatic carbocycles. The maximum Gasteiger partial charge on any atom is 0.257 e. The lowest BCUT2D eigenvalue weighted by atomic mass is 10.2. The van der Waals surface area contributed by atoms with Gasteiger partial charge in [-0.1, -0.05) is 0 Å². The summed E-state index contributed by atoms with van der Waals surface area (Å²) < 4.78 is 0.783. The summed E-state index contributed by atoms with van der Waals surface area (Å²) >= 11 is 3.34. The molecule has 6 heteroatoms. The Morgan fingerprint density at radius 3 is 2.85 bits per heavy atom. The average Bonchev–Trinajstić information content (AvgIpc) is 3.10. The zero-order chi connectivity index (χ0) is 14.1. The van der Waals surface area contributed by atoms with Crippen molar-refractivity contribution in [2.24, 2.45) is 0 Å². The maximum atomic E-state index is 12.5. The van der Waals surface area contributed by atoms with Crippen LogP contribution in [-0.4, -0.2) is 52.9 Å². The van der Waals surface area contributed by atoms with Crippen molar-refractivity contribution in [2.45, 2.75) is 25.3 Å². The number of nitrogens with zero attached hydrogens (tertiary/aromatic N) is 3. The molecule has 0 bridgehead atoms. The zero-order valence-corrected chi connectivity index (χ0v) is 13.0. The Morgan fingerprint density at radius 1 is 1.35 bits per heavy atom. The molecule has 1 atom stereocenters. The highest BCUT2D eigenvalue weighted by Gasteiger charge is 2.32. The van der Waals surface area contributed by atoms with Crippen LogP contribution in [0.2, 0.25) is 0 Å². The number of aromatic nitrogens is 1. The standard InChI is InChI=1S/C14H19BrN4O/c15-10-7-12(13(16)17-8-10)14(20)19-6-3-11(9-19)18-4-1-2-5-18/h7-8,11H,1-6,9H2,(H2,16,17). The van der Waals surface area contributed by atoms with Gasteiger partial charge in [-0.05, 0) is 54.3 Å². The third kappa shape index (κ3) is 2.67. The number of rotatable bonds is 2. The van der Waals surface area contributed by atoms with Crippen molar-refractivity contribution in [3.05, 3.63) is 22.3 Å². The van der Waals surface area contributed by atoms with E-state index in [1.807, 2.05) is 4.90 Å². The van der Waals surface area contributed by atoms with Crippen molar-refractivity contribution in [2.75, 3.05) is 31.9 Å². The Kier molecular flexibility index (Phi) is 3.94. The third-order valence-electron chi connectivity index (χ3n) is 4.22. The lowest BCUT2D eigenvalue weighted by molar-refractivity contribution is 0.0780. The monoisotopic (exact) mass is 338 g/mol. The number of carbonyl (C=O) groups is 1. The van der Waals surface area contributed by atoms with Crippen LogP contribution >= 0.6 is 15.9 Å². The van der Waals surface area contributed by atoms with E-state index in [0.29, 0.717) is 17.4 Å². The summed E-state index contributed by atoms with van der Waals surface area (Å²) in [7, 11) is 0. The van der Waals surface area contributed by atoms with Crippen LogP contribution in [-0.2, 0) is 0 Å². The molecule has 3 heterocycles. The minimum absolute atomic E-state index is 0.00185. The molecule has 3 rings (SSSR count). The largest absolute Gasteiger partial charge is 0.383 e. The number of carbonyl (C=O) groups excluding carboxylic acids is 1. The molecular formula is C14H19BrN4O. The van der Waals surface area contributed by atoms with Gasteiger partial charge in [-0.15, -0.1) is 0 Å². The van der Waals surface area contributed by atoms with Crippen molar-refractivity contribution < 1.29 is 4.79 Å². The van der Waals surface area contributed by atoms with E-state index in [1.54, 1.807) is 12.3 Å². The zero-order valence-electron chi connectivity index (χ0n) is 11.4. The molecule has 2 aliphatic rings. The van der Waals surface area contributed by atoms with Crippen molar-refractivity contribution in [3.8, 4) is 0 Å². The second-order valence-electron chi connectivity index (χ2n) is 5.52. The van der Waals surface area contributed by atoms with Crippen molar-refractivity contribution in [1.82, 2.24) is 14.8 Å². The van der Waals surface area contributed by atoms with E-state index in [4.69, 9.17) is 5.73 Å². The molecule has 2 saturated heterocycles. The topological polar surface area (TPSA) is 62.5 Å². The summed E-state index contributed by atoms with van der Waals surface area (Å²) in [6, 6.07) is 2.27. The van der Waals surface area contributed by atoms with Crippen LogP contribution < -0.4 is 5.73 Å². The van der Waals surface area contributed by atoms with Gasteiger partial charge in [0.05, 0.1) is 5.56 Å². The first kappa shape index (κ1) is 13.8. The minimum atomic E-state index is -0.00185. The molecule has 0 saturated carbocycles. The van der Waals surface area contributed by atoms with Crippen LogP contribution in [0.5, 0.6) is 0 Å². The molecule has 0 radical (unpaired) electrons. The second kappa shape index (κ2) is 5.69. The smallest absolute Gasteiger partial charge is 0.257 e. The fraction of sp³-hybridized carbons (Fsp3) is 0.571. The van der Waals surface area contributed by atoms with Gasteiger partial charge >= 0.3 is 0 Å². The van der Waals surface area contributed by atoms with Crippen LogP contribution in [0, 0.1) is 0 Å². The molecule has 0 spiro atoms. The number of nitrogens with two attached hydrogens (primary N) is 1. The van der Waals surface area contributed by atoms with Gasteiger partial charge < -0.3 is 10.6 Å². The predicted molar refractivity (Wildman–Crippen MR) is 81.5 cm³/mol. The SMILES string of the molecule is Nc1ncc(Br)cc1C(=O)N1CCC(N2CCCC2)C1. The molecule has 1 aromatic rings. The van der Waals surface area contributed by atoms with Gasteiger partial charge in [0, 0.05) is 29.8 Å². The summed E-state index contributed by atoms with van der Waals surface area (Å²) in [5.41, 5.74) is 6.33. The summed E-state index contributed by atoms with van der Waals surface area (Å²) in [6.07, 6.45) is 5.25. The first-order valence-corrected chi connectivity index (χ1v) is 7.89. The van der Waals surface area contributed by atoms with E-state index >= 15 is 0 Å². The van der Waals surface area contributed by atoms with E-state index in [-0.39, 0.29) is 5.91 Å². The number of anilines is 1. The molecule has 2 N–H and O–H groups in total. The van der Waals surface area contributed by atoms with Crippen LogP contribution in [0.1, 0.15) is 29.6 Å². The number of pyridine rings is 1. The van der Waals surface area contributed by atoms with Gasteiger partial charge in [0.1, 0.15) is 5.82 Å². The highest BCUT2D eigenvalue weighted by atomic mass is 79.9. The predicted octanol–water partition coefficient (Wildman–Crippen LogP) is 1.74.